The first-order chi connectivity index (χ1) is 9.38. The van der Waals surface area contributed by atoms with Gasteiger partial charge in [-0.05, 0) is 13.3 Å². The molecule has 6 nitrogen and oxygen atoms in total. The fourth-order valence-corrected chi connectivity index (χ4v) is 3.55. The number of carbonyl (C=O) groups is 2. The maximum Gasteiger partial charge on any atom is 0.304 e. The lowest BCUT2D eigenvalue weighted by Gasteiger charge is -2.31. The number of nitrogens with zero attached hydrogens (tertiary/aromatic N) is 2. The Morgan fingerprint density at radius 1 is 1.65 bits per heavy atom. The number of aliphatic carboxylic acids is 1. The molecule has 0 aromatic carbocycles. The molecule has 8 heteroatoms. The molecule has 2 atom stereocenters. The predicted octanol–water partition coefficient (Wildman–Crippen LogP) is 0.802. The number of hydrazine groups is 1. The largest absolute Gasteiger partial charge is 0.481 e. The van der Waals surface area contributed by atoms with E-state index in [0.29, 0.717) is 22.3 Å². The van der Waals surface area contributed by atoms with E-state index in [4.69, 9.17) is 17.3 Å². The monoisotopic (exact) mass is 315 g/mol. The van der Waals surface area contributed by atoms with Gasteiger partial charge in [0, 0.05) is 25.2 Å². The molecule has 0 aliphatic carbocycles. The maximum atomic E-state index is 12.1. The van der Waals surface area contributed by atoms with E-state index in [9.17, 15) is 9.59 Å². The Hall–Kier alpha value is -0.960. The van der Waals surface area contributed by atoms with E-state index < -0.39 is 5.97 Å². The van der Waals surface area contributed by atoms with E-state index in [0.717, 1.165) is 6.42 Å². The van der Waals surface area contributed by atoms with Crippen LogP contribution < -0.4 is 5.32 Å². The van der Waals surface area contributed by atoms with Crippen molar-refractivity contribution in [1.82, 2.24) is 15.3 Å². The van der Waals surface area contributed by atoms with Gasteiger partial charge in [0.25, 0.3) is 5.91 Å². The molecule has 2 heterocycles. The van der Waals surface area contributed by atoms with E-state index in [-0.39, 0.29) is 24.4 Å². The molecule has 0 aromatic rings. The quantitative estimate of drug-likeness (QED) is 0.589. The number of rotatable bonds is 3. The molecule has 0 aromatic heterocycles. The fraction of sp³-hybridized carbons (Fsp3) is 0.583. The molecule has 1 amide bonds. The van der Waals surface area contributed by atoms with E-state index in [2.05, 4.69) is 11.9 Å². The highest BCUT2D eigenvalue weighted by Crippen LogP contribution is 2.31. The van der Waals surface area contributed by atoms with Gasteiger partial charge in [0.05, 0.1) is 11.3 Å². The number of hydrogen-bond acceptors (Lipinski definition) is 6. The van der Waals surface area contributed by atoms with Gasteiger partial charge in [0.2, 0.25) is 0 Å². The smallest absolute Gasteiger partial charge is 0.304 e. The molecule has 2 aliphatic heterocycles. The van der Waals surface area contributed by atoms with Gasteiger partial charge in [0.1, 0.15) is 0 Å². The SMILES string of the molecule is C=C1SC(=S)N(N2CCC(C)NC(CC(=O)O)C2)C1=O. The van der Waals surface area contributed by atoms with E-state index in [1.54, 1.807) is 0 Å². The Balaban J connectivity index is 2.14. The van der Waals surface area contributed by atoms with Crippen molar-refractivity contribution in [2.45, 2.75) is 31.8 Å². The lowest BCUT2D eigenvalue weighted by molar-refractivity contribution is -0.138. The standard InChI is InChI=1S/C12H17N3O3S2/c1-7-3-4-14(6-9(13-7)5-10(16)17)15-11(18)8(2)20-12(15)19/h7,9,13H,2-6H2,1H3,(H,16,17). The van der Waals surface area contributed by atoms with Crippen LogP contribution in [0, 0.1) is 0 Å². The molecule has 20 heavy (non-hydrogen) atoms. The summed E-state index contributed by atoms with van der Waals surface area (Å²) in [5, 5.41) is 15.5. The van der Waals surface area contributed by atoms with Crippen LogP contribution in [0.5, 0.6) is 0 Å². The van der Waals surface area contributed by atoms with Crippen LogP contribution in [0.3, 0.4) is 0 Å². The molecule has 110 valence electrons. The second-order valence-electron chi connectivity index (χ2n) is 4.97. The molecule has 2 saturated heterocycles. The molecule has 2 aliphatic rings. The second kappa shape index (κ2) is 6.21. The number of thiocarbonyl (C=S) groups is 1. The summed E-state index contributed by atoms with van der Waals surface area (Å²) in [6.45, 7) is 6.79. The van der Waals surface area contributed by atoms with Crippen LogP contribution in [0.25, 0.3) is 0 Å². The summed E-state index contributed by atoms with van der Waals surface area (Å²) in [6.07, 6.45) is 0.837. The Morgan fingerprint density at radius 2 is 2.35 bits per heavy atom. The van der Waals surface area contributed by atoms with Gasteiger partial charge in [-0.3, -0.25) is 9.59 Å². The maximum absolute atomic E-state index is 12.1. The Morgan fingerprint density at radius 3 is 2.90 bits per heavy atom. The zero-order valence-electron chi connectivity index (χ0n) is 11.2. The Kier molecular flexibility index (Phi) is 4.79. The van der Waals surface area contributed by atoms with E-state index in [1.165, 1.54) is 16.8 Å². The minimum Gasteiger partial charge on any atom is -0.481 e. The van der Waals surface area contributed by atoms with Crippen LogP contribution in [0.15, 0.2) is 11.5 Å². The van der Waals surface area contributed by atoms with Gasteiger partial charge in [0.15, 0.2) is 4.32 Å². The van der Waals surface area contributed by atoms with Crippen molar-refractivity contribution >= 4 is 40.2 Å². The number of carboxylic acid groups (broad SMARTS) is 1. The molecule has 0 saturated carbocycles. The predicted molar refractivity (Wildman–Crippen MR) is 81.0 cm³/mol. The lowest BCUT2D eigenvalue weighted by atomic mass is 10.2. The third-order valence-corrected chi connectivity index (χ3v) is 4.48. The van der Waals surface area contributed by atoms with Crippen LogP contribution in [-0.4, -0.2) is 56.5 Å². The first kappa shape index (κ1) is 15.4. The summed E-state index contributed by atoms with van der Waals surface area (Å²) in [6, 6.07) is -0.00838. The molecular weight excluding hydrogens is 298 g/mol. The molecule has 2 unspecified atom stereocenters. The molecule has 2 N–H and O–H groups in total. The van der Waals surface area contributed by atoms with Crippen molar-refractivity contribution in [3.63, 3.8) is 0 Å². The minimum atomic E-state index is -0.856. The number of nitrogens with one attached hydrogen (secondary N) is 1. The summed E-state index contributed by atoms with van der Waals surface area (Å²) < 4.78 is 0.462. The highest BCUT2D eigenvalue weighted by atomic mass is 32.2. The molecule has 2 fully saturated rings. The van der Waals surface area contributed by atoms with E-state index >= 15 is 0 Å². The average molecular weight is 315 g/mol. The van der Waals surface area contributed by atoms with Crippen LogP contribution in [0.1, 0.15) is 19.8 Å². The van der Waals surface area contributed by atoms with E-state index in [1.807, 2.05) is 11.9 Å². The molecule has 0 bridgehead atoms. The topological polar surface area (TPSA) is 72.9 Å². The third-order valence-electron chi connectivity index (χ3n) is 3.29. The van der Waals surface area contributed by atoms with Gasteiger partial charge in [-0.2, -0.15) is 0 Å². The third kappa shape index (κ3) is 3.38. The summed E-state index contributed by atoms with van der Waals surface area (Å²) >= 11 is 6.39. The van der Waals surface area contributed by atoms with Crippen LogP contribution in [-0.2, 0) is 9.59 Å². The number of carboxylic acids is 1. The summed E-state index contributed by atoms with van der Waals surface area (Å²) in [7, 11) is 0. The van der Waals surface area contributed by atoms with Crippen LogP contribution >= 0.6 is 24.0 Å². The lowest BCUT2D eigenvalue weighted by Crippen LogP contribution is -2.50. The second-order valence-corrected chi connectivity index (χ2v) is 6.70. The van der Waals surface area contributed by atoms with Crippen molar-refractivity contribution in [3.05, 3.63) is 11.5 Å². The molecule has 2 rings (SSSR count). The van der Waals surface area contributed by atoms with Gasteiger partial charge >= 0.3 is 5.97 Å². The average Bonchev–Trinajstić information content (AvgIpc) is 2.48. The van der Waals surface area contributed by atoms with Gasteiger partial charge in [-0.15, -0.1) is 0 Å². The fourth-order valence-electron chi connectivity index (χ4n) is 2.38. The van der Waals surface area contributed by atoms with Gasteiger partial charge < -0.3 is 10.4 Å². The molecular formula is C12H17N3O3S2. The zero-order chi connectivity index (χ0) is 14.9. The summed E-state index contributed by atoms with van der Waals surface area (Å²) in [5.74, 6) is -1.06. The first-order valence-electron chi connectivity index (χ1n) is 6.36. The number of amides is 1. The number of carbonyl (C=O) groups excluding carboxylic acids is 1. The van der Waals surface area contributed by atoms with Crippen LogP contribution in [0.4, 0.5) is 0 Å². The zero-order valence-corrected chi connectivity index (χ0v) is 12.8. The Labute approximate surface area is 127 Å². The van der Waals surface area contributed by atoms with Crippen molar-refractivity contribution in [2.75, 3.05) is 13.1 Å². The summed E-state index contributed by atoms with van der Waals surface area (Å²) in [4.78, 5) is 23.4. The van der Waals surface area contributed by atoms with Crippen molar-refractivity contribution < 1.29 is 14.7 Å². The molecule has 0 spiro atoms. The Bertz CT molecular complexity index is 469. The first-order valence-corrected chi connectivity index (χ1v) is 7.59. The normalized spacial score (nSPS) is 28.9. The minimum absolute atomic E-state index is 0.0176. The van der Waals surface area contributed by atoms with Crippen LogP contribution in [0.2, 0.25) is 0 Å². The van der Waals surface area contributed by atoms with Crippen molar-refractivity contribution in [3.8, 4) is 0 Å². The van der Waals surface area contributed by atoms with Crippen molar-refractivity contribution in [2.24, 2.45) is 0 Å². The number of thioether (sulfide) groups is 1. The van der Waals surface area contributed by atoms with Gasteiger partial charge in [-0.25, -0.2) is 10.0 Å². The summed E-state index contributed by atoms with van der Waals surface area (Å²) in [5.41, 5.74) is 0. The molecule has 0 radical (unpaired) electrons. The highest BCUT2D eigenvalue weighted by Gasteiger charge is 2.37. The van der Waals surface area contributed by atoms with Crippen molar-refractivity contribution in [1.29, 1.82) is 0 Å². The highest BCUT2D eigenvalue weighted by molar-refractivity contribution is 8.26. The number of hydrogen-bond donors (Lipinski definition) is 2. The van der Waals surface area contributed by atoms with Gasteiger partial charge in [-0.1, -0.05) is 30.6 Å².